The number of benzene rings is 1. The fraction of sp³-hybridized carbons (Fsp3) is 0.333. The molecule has 1 heterocycles. The summed E-state index contributed by atoms with van der Waals surface area (Å²) in [5, 5.41) is 3.32. The quantitative estimate of drug-likeness (QED) is 0.895. The summed E-state index contributed by atoms with van der Waals surface area (Å²) in [5.74, 6) is 1.45. The molecule has 1 unspecified atom stereocenters. The molecular weight excluding hydrogens is 309 g/mol. The summed E-state index contributed by atoms with van der Waals surface area (Å²) in [6, 6.07) is 6.76. The molecule has 19 heavy (non-hydrogen) atoms. The van der Waals surface area contributed by atoms with Gasteiger partial charge < -0.3 is 9.73 Å². The van der Waals surface area contributed by atoms with E-state index >= 15 is 0 Å². The fourth-order valence-electron chi connectivity index (χ4n) is 2.26. The average Bonchev–Trinajstić information content (AvgIpc) is 2.69. The molecule has 0 saturated carbocycles. The van der Waals surface area contributed by atoms with Crippen LogP contribution in [-0.4, -0.2) is 6.54 Å². The summed E-state index contributed by atoms with van der Waals surface area (Å²) < 4.78 is 20.5. The van der Waals surface area contributed by atoms with Crippen LogP contribution in [0.25, 0.3) is 0 Å². The SMILES string of the molecule is CCNC(c1cc(Br)ccc1F)c1cc(C)oc1C. The molecular formula is C15H17BrFNO. The number of furan rings is 1. The lowest BCUT2D eigenvalue weighted by molar-refractivity contribution is 0.492. The van der Waals surface area contributed by atoms with Gasteiger partial charge in [0.1, 0.15) is 17.3 Å². The Hall–Kier alpha value is -1.13. The van der Waals surface area contributed by atoms with E-state index in [-0.39, 0.29) is 11.9 Å². The molecule has 0 aliphatic carbocycles. The van der Waals surface area contributed by atoms with Gasteiger partial charge in [-0.25, -0.2) is 4.39 Å². The minimum absolute atomic E-state index is 0.194. The Kier molecular flexibility index (Phi) is 4.42. The Balaban J connectivity index is 2.51. The third-order valence-electron chi connectivity index (χ3n) is 3.07. The summed E-state index contributed by atoms with van der Waals surface area (Å²) in [4.78, 5) is 0. The van der Waals surface area contributed by atoms with Crippen molar-refractivity contribution in [2.24, 2.45) is 0 Å². The molecule has 0 fully saturated rings. The average molecular weight is 326 g/mol. The molecule has 1 atom stereocenters. The van der Waals surface area contributed by atoms with Gasteiger partial charge in [0.05, 0.1) is 6.04 Å². The highest BCUT2D eigenvalue weighted by Gasteiger charge is 2.21. The molecule has 2 nitrogen and oxygen atoms in total. The molecule has 2 aromatic rings. The molecule has 0 spiro atoms. The van der Waals surface area contributed by atoms with Gasteiger partial charge in [-0.2, -0.15) is 0 Å². The zero-order valence-electron chi connectivity index (χ0n) is 11.3. The maximum Gasteiger partial charge on any atom is 0.128 e. The van der Waals surface area contributed by atoms with Crippen molar-refractivity contribution in [2.75, 3.05) is 6.54 Å². The lowest BCUT2D eigenvalue weighted by Crippen LogP contribution is -2.23. The van der Waals surface area contributed by atoms with Gasteiger partial charge in [-0.15, -0.1) is 0 Å². The minimum atomic E-state index is -0.215. The molecule has 1 aromatic carbocycles. The van der Waals surface area contributed by atoms with Crippen molar-refractivity contribution in [3.63, 3.8) is 0 Å². The zero-order chi connectivity index (χ0) is 14.0. The van der Waals surface area contributed by atoms with Crippen molar-refractivity contribution < 1.29 is 8.81 Å². The third kappa shape index (κ3) is 3.07. The lowest BCUT2D eigenvalue weighted by atomic mass is 9.98. The maximum absolute atomic E-state index is 14.1. The van der Waals surface area contributed by atoms with E-state index in [1.165, 1.54) is 6.07 Å². The molecule has 0 amide bonds. The van der Waals surface area contributed by atoms with E-state index in [9.17, 15) is 4.39 Å². The number of hydrogen-bond acceptors (Lipinski definition) is 2. The van der Waals surface area contributed by atoms with Crippen LogP contribution in [0.15, 0.2) is 33.2 Å². The predicted octanol–water partition coefficient (Wildman–Crippen LogP) is 4.50. The second-order valence-electron chi connectivity index (χ2n) is 4.53. The summed E-state index contributed by atoms with van der Waals surface area (Å²) in [6.45, 7) is 6.56. The van der Waals surface area contributed by atoms with Gasteiger partial charge in [-0.1, -0.05) is 22.9 Å². The molecule has 0 aliphatic rings. The van der Waals surface area contributed by atoms with Gasteiger partial charge in [0.2, 0.25) is 0 Å². The van der Waals surface area contributed by atoms with Crippen molar-refractivity contribution in [3.05, 3.63) is 57.2 Å². The van der Waals surface area contributed by atoms with E-state index in [1.54, 1.807) is 6.07 Å². The van der Waals surface area contributed by atoms with Crippen LogP contribution in [0.4, 0.5) is 4.39 Å². The van der Waals surface area contributed by atoms with E-state index in [4.69, 9.17) is 4.42 Å². The second-order valence-corrected chi connectivity index (χ2v) is 5.44. The van der Waals surface area contributed by atoms with Gasteiger partial charge in [0.15, 0.2) is 0 Å². The van der Waals surface area contributed by atoms with Crippen molar-refractivity contribution in [2.45, 2.75) is 26.8 Å². The number of aryl methyl sites for hydroxylation is 2. The van der Waals surface area contributed by atoms with Gasteiger partial charge in [-0.05, 0) is 44.7 Å². The lowest BCUT2D eigenvalue weighted by Gasteiger charge is -2.19. The van der Waals surface area contributed by atoms with E-state index in [0.717, 1.165) is 28.1 Å². The minimum Gasteiger partial charge on any atom is -0.466 e. The first kappa shape index (κ1) is 14.3. The van der Waals surface area contributed by atoms with E-state index in [2.05, 4.69) is 21.2 Å². The van der Waals surface area contributed by atoms with Crippen LogP contribution < -0.4 is 5.32 Å². The highest BCUT2D eigenvalue weighted by Crippen LogP contribution is 2.30. The first-order valence-corrected chi connectivity index (χ1v) is 7.07. The third-order valence-corrected chi connectivity index (χ3v) is 3.56. The number of nitrogens with one attached hydrogen (secondary N) is 1. The first-order valence-electron chi connectivity index (χ1n) is 6.28. The summed E-state index contributed by atoms with van der Waals surface area (Å²) in [5.41, 5.74) is 1.61. The standard InChI is InChI=1S/C15H17BrFNO/c1-4-18-15(12-7-9(2)19-10(12)3)13-8-11(16)5-6-14(13)17/h5-8,15,18H,4H2,1-3H3. The van der Waals surface area contributed by atoms with Crippen LogP contribution in [0.1, 0.15) is 35.6 Å². The fourth-order valence-corrected chi connectivity index (χ4v) is 2.64. The van der Waals surface area contributed by atoms with Crippen LogP contribution >= 0.6 is 15.9 Å². The van der Waals surface area contributed by atoms with Crippen LogP contribution in [-0.2, 0) is 0 Å². The highest BCUT2D eigenvalue weighted by molar-refractivity contribution is 9.10. The number of halogens is 2. The number of rotatable bonds is 4. The summed E-state index contributed by atoms with van der Waals surface area (Å²) in [6.07, 6.45) is 0. The Morgan fingerprint density at radius 2 is 2.00 bits per heavy atom. The summed E-state index contributed by atoms with van der Waals surface area (Å²) in [7, 11) is 0. The molecule has 0 saturated heterocycles. The molecule has 0 aliphatic heterocycles. The normalized spacial score (nSPS) is 12.7. The van der Waals surface area contributed by atoms with E-state index < -0.39 is 0 Å². The maximum atomic E-state index is 14.1. The van der Waals surface area contributed by atoms with E-state index in [1.807, 2.05) is 32.9 Å². The Morgan fingerprint density at radius 3 is 2.58 bits per heavy atom. The smallest absolute Gasteiger partial charge is 0.128 e. The van der Waals surface area contributed by atoms with E-state index in [0.29, 0.717) is 5.56 Å². The molecule has 1 aromatic heterocycles. The van der Waals surface area contributed by atoms with Gasteiger partial charge >= 0.3 is 0 Å². The molecule has 0 radical (unpaired) electrons. The zero-order valence-corrected chi connectivity index (χ0v) is 12.8. The topological polar surface area (TPSA) is 25.2 Å². The molecule has 2 rings (SSSR count). The predicted molar refractivity (Wildman–Crippen MR) is 77.8 cm³/mol. The monoisotopic (exact) mass is 325 g/mol. The Labute approximate surface area is 121 Å². The van der Waals surface area contributed by atoms with Gasteiger partial charge in [0.25, 0.3) is 0 Å². The molecule has 102 valence electrons. The Bertz CT molecular complexity index is 580. The molecule has 1 N–H and O–H groups in total. The van der Waals surface area contributed by atoms with Crippen molar-refractivity contribution in [3.8, 4) is 0 Å². The second kappa shape index (κ2) is 5.88. The van der Waals surface area contributed by atoms with Gasteiger partial charge in [-0.3, -0.25) is 0 Å². The van der Waals surface area contributed by atoms with Crippen LogP contribution in [0, 0.1) is 19.7 Å². The molecule has 0 bridgehead atoms. The number of hydrogen-bond donors (Lipinski definition) is 1. The highest BCUT2D eigenvalue weighted by atomic mass is 79.9. The van der Waals surface area contributed by atoms with Crippen LogP contribution in [0.5, 0.6) is 0 Å². The first-order chi connectivity index (χ1) is 9.02. The van der Waals surface area contributed by atoms with Crippen LogP contribution in [0.3, 0.4) is 0 Å². The Morgan fingerprint density at radius 1 is 1.26 bits per heavy atom. The largest absolute Gasteiger partial charge is 0.466 e. The van der Waals surface area contributed by atoms with Crippen molar-refractivity contribution >= 4 is 15.9 Å². The van der Waals surface area contributed by atoms with Gasteiger partial charge in [0, 0.05) is 15.6 Å². The summed E-state index contributed by atoms with van der Waals surface area (Å²) >= 11 is 3.39. The molecule has 4 heteroatoms. The van der Waals surface area contributed by atoms with Crippen LogP contribution in [0.2, 0.25) is 0 Å². The van der Waals surface area contributed by atoms with Crippen molar-refractivity contribution in [1.29, 1.82) is 0 Å². The van der Waals surface area contributed by atoms with Crippen molar-refractivity contribution in [1.82, 2.24) is 5.32 Å².